The maximum atomic E-state index is 13.8. The number of halogens is 2. The Morgan fingerprint density at radius 3 is 2.86 bits per heavy atom. The number of methoxy groups -OCH3 is 1. The van der Waals surface area contributed by atoms with Crippen molar-refractivity contribution < 1.29 is 13.5 Å². The van der Waals surface area contributed by atoms with Gasteiger partial charge in [0.25, 0.3) is 0 Å². The molecule has 1 atom stereocenters. The van der Waals surface area contributed by atoms with Gasteiger partial charge in [0.05, 0.1) is 7.11 Å². The molecule has 0 aromatic heterocycles. The van der Waals surface area contributed by atoms with Crippen LogP contribution in [0.15, 0.2) is 36.4 Å². The standard InChI is InChI=1S/C17H17F2NO/c1-21-14-4-2-11-6-7-20-17(15(11)10-14)9-12-8-13(18)3-5-16(12)19/h2-5,8,10,17,20H,6-7,9H2,1H3. The van der Waals surface area contributed by atoms with E-state index in [0.717, 1.165) is 30.3 Å². The maximum absolute atomic E-state index is 13.8. The van der Waals surface area contributed by atoms with Crippen LogP contribution in [0.5, 0.6) is 5.75 Å². The number of hydrogen-bond acceptors (Lipinski definition) is 2. The van der Waals surface area contributed by atoms with Crippen LogP contribution in [0.2, 0.25) is 0 Å². The molecule has 0 spiro atoms. The first-order valence-electron chi connectivity index (χ1n) is 7.01. The second kappa shape index (κ2) is 5.82. The van der Waals surface area contributed by atoms with Gasteiger partial charge < -0.3 is 10.1 Å². The molecule has 0 saturated carbocycles. The summed E-state index contributed by atoms with van der Waals surface area (Å²) >= 11 is 0. The summed E-state index contributed by atoms with van der Waals surface area (Å²) in [6, 6.07) is 9.52. The molecule has 2 nitrogen and oxygen atoms in total. The van der Waals surface area contributed by atoms with Crippen molar-refractivity contribution in [3.8, 4) is 5.75 Å². The Balaban J connectivity index is 1.92. The Kier molecular flexibility index (Phi) is 3.88. The Hall–Kier alpha value is -1.94. The molecule has 0 saturated heterocycles. The van der Waals surface area contributed by atoms with E-state index in [0.29, 0.717) is 12.0 Å². The Morgan fingerprint density at radius 1 is 1.19 bits per heavy atom. The lowest BCUT2D eigenvalue weighted by Gasteiger charge is -2.27. The molecule has 0 fully saturated rings. The van der Waals surface area contributed by atoms with Crippen molar-refractivity contribution in [2.45, 2.75) is 18.9 Å². The summed E-state index contributed by atoms with van der Waals surface area (Å²) in [4.78, 5) is 0. The lowest BCUT2D eigenvalue weighted by atomic mass is 9.90. The van der Waals surface area contributed by atoms with Crippen molar-refractivity contribution in [2.75, 3.05) is 13.7 Å². The summed E-state index contributed by atoms with van der Waals surface area (Å²) in [6.45, 7) is 0.834. The van der Waals surface area contributed by atoms with E-state index >= 15 is 0 Å². The molecule has 4 heteroatoms. The van der Waals surface area contributed by atoms with Crippen LogP contribution in [0.25, 0.3) is 0 Å². The van der Waals surface area contributed by atoms with Gasteiger partial charge in [0.2, 0.25) is 0 Å². The number of fused-ring (bicyclic) bond motifs is 1. The van der Waals surface area contributed by atoms with Crippen molar-refractivity contribution in [1.82, 2.24) is 5.32 Å². The topological polar surface area (TPSA) is 21.3 Å². The molecule has 2 aromatic carbocycles. The van der Waals surface area contributed by atoms with Crippen molar-refractivity contribution in [1.29, 1.82) is 0 Å². The highest BCUT2D eigenvalue weighted by atomic mass is 19.1. The second-order valence-corrected chi connectivity index (χ2v) is 5.26. The van der Waals surface area contributed by atoms with Gasteiger partial charge >= 0.3 is 0 Å². The van der Waals surface area contributed by atoms with Crippen LogP contribution in [0.3, 0.4) is 0 Å². The molecule has 0 aliphatic carbocycles. The van der Waals surface area contributed by atoms with Crippen LogP contribution < -0.4 is 10.1 Å². The highest BCUT2D eigenvalue weighted by Gasteiger charge is 2.22. The van der Waals surface area contributed by atoms with E-state index in [2.05, 4.69) is 5.32 Å². The van der Waals surface area contributed by atoms with E-state index in [4.69, 9.17) is 4.74 Å². The first-order chi connectivity index (χ1) is 10.2. The number of ether oxygens (including phenoxy) is 1. The van der Waals surface area contributed by atoms with Gasteiger partial charge in [-0.3, -0.25) is 0 Å². The van der Waals surface area contributed by atoms with Gasteiger partial charge in [-0.2, -0.15) is 0 Å². The maximum Gasteiger partial charge on any atom is 0.126 e. The van der Waals surface area contributed by atoms with E-state index < -0.39 is 5.82 Å². The quantitative estimate of drug-likeness (QED) is 0.935. The summed E-state index contributed by atoms with van der Waals surface area (Å²) in [6.07, 6.45) is 1.35. The molecule has 0 amide bonds. The summed E-state index contributed by atoms with van der Waals surface area (Å²) in [5, 5.41) is 3.38. The van der Waals surface area contributed by atoms with Gasteiger partial charge in [-0.1, -0.05) is 6.07 Å². The summed E-state index contributed by atoms with van der Waals surface area (Å²) < 4.78 is 32.4. The molecule has 110 valence electrons. The van der Waals surface area contributed by atoms with Crippen molar-refractivity contribution in [3.05, 3.63) is 64.7 Å². The van der Waals surface area contributed by atoms with Crippen molar-refractivity contribution in [2.24, 2.45) is 0 Å². The first-order valence-corrected chi connectivity index (χ1v) is 7.01. The average Bonchev–Trinajstić information content (AvgIpc) is 2.51. The lowest BCUT2D eigenvalue weighted by molar-refractivity contribution is 0.410. The minimum atomic E-state index is -0.409. The largest absolute Gasteiger partial charge is 0.497 e. The van der Waals surface area contributed by atoms with Crippen LogP contribution in [0.4, 0.5) is 8.78 Å². The molecule has 0 bridgehead atoms. The molecule has 2 aromatic rings. The Morgan fingerprint density at radius 2 is 2.05 bits per heavy atom. The van der Waals surface area contributed by atoms with Crippen LogP contribution in [-0.4, -0.2) is 13.7 Å². The zero-order chi connectivity index (χ0) is 14.8. The monoisotopic (exact) mass is 289 g/mol. The van der Waals surface area contributed by atoms with Crippen LogP contribution in [0, 0.1) is 11.6 Å². The molecule has 1 heterocycles. The average molecular weight is 289 g/mol. The smallest absolute Gasteiger partial charge is 0.126 e. The van der Waals surface area contributed by atoms with E-state index in [1.807, 2.05) is 18.2 Å². The number of rotatable bonds is 3. The second-order valence-electron chi connectivity index (χ2n) is 5.26. The van der Waals surface area contributed by atoms with Gasteiger partial charge in [0, 0.05) is 6.04 Å². The third-order valence-corrected chi connectivity index (χ3v) is 3.95. The van der Waals surface area contributed by atoms with Crippen LogP contribution >= 0.6 is 0 Å². The summed E-state index contributed by atoms with van der Waals surface area (Å²) in [5.41, 5.74) is 2.73. The predicted octanol–water partition coefficient (Wildman–Crippen LogP) is 3.40. The molecule has 1 N–H and O–H groups in total. The Bertz CT molecular complexity index is 657. The molecule has 3 rings (SSSR count). The predicted molar refractivity (Wildman–Crippen MR) is 77.5 cm³/mol. The zero-order valence-corrected chi connectivity index (χ0v) is 11.8. The highest BCUT2D eigenvalue weighted by Crippen LogP contribution is 2.30. The lowest BCUT2D eigenvalue weighted by Crippen LogP contribution is -2.31. The number of nitrogens with one attached hydrogen (secondary N) is 1. The molecule has 21 heavy (non-hydrogen) atoms. The van der Waals surface area contributed by atoms with Gasteiger partial charge in [-0.05, 0) is 66.4 Å². The van der Waals surface area contributed by atoms with Crippen molar-refractivity contribution in [3.63, 3.8) is 0 Å². The SMILES string of the molecule is COc1ccc2c(c1)C(Cc1cc(F)ccc1F)NCC2. The van der Waals surface area contributed by atoms with Crippen molar-refractivity contribution >= 4 is 0 Å². The van der Waals surface area contributed by atoms with Gasteiger partial charge in [0.1, 0.15) is 17.4 Å². The van der Waals surface area contributed by atoms with Gasteiger partial charge in [-0.15, -0.1) is 0 Å². The minimum Gasteiger partial charge on any atom is -0.497 e. The molecule has 1 aliphatic rings. The molecule has 1 aliphatic heterocycles. The zero-order valence-electron chi connectivity index (χ0n) is 11.8. The van der Waals surface area contributed by atoms with Crippen LogP contribution in [-0.2, 0) is 12.8 Å². The van der Waals surface area contributed by atoms with Gasteiger partial charge in [-0.25, -0.2) is 8.78 Å². The summed E-state index contributed by atoms with van der Waals surface area (Å²) in [5.74, 6) is 0.00320. The molecule has 0 radical (unpaired) electrons. The van der Waals surface area contributed by atoms with E-state index in [1.165, 1.54) is 17.7 Å². The Labute approximate surface area is 122 Å². The summed E-state index contributed by atoms with van der Waals surface area (Å²) in [7, 11) is 1.62. The van der Waals surface area contributed by atoms with E-state index in [-0.39, 0.29) is 11.9 Å². The minimum absolute atomic E-state index is 0.0276. The van der Waals surface area contributed by atoms with Gasteiger partial charge in [0.15, 0.2) is 0 Å². The number of benzene rings is 2. The first kappa shape index (κ1) is 14.0. The third-order valence-electron chi connectivity index (χ3n) is 3.95. The van der Waals surface area contributed by atoms with E-state index in [1.54, 1.807) is 7.11 Å². The molecule has 1 unspecified atom stereocenters. The highest BCUT2D eigenvalue weighted by molar-refractivity contribution is 5.40. The molecular weight excluding hydrogens is 272 g/mol. The fourth-order valence-corrected chi connectivity index (χ4v) is 2.84. The fourth-order valence-electron chi connectivity index (χ4n) is 2.84. The van der Waals surface area contributed by atoms with Crippen LogP contribution in [0.1, 0.15) is 22.7 Å². The fraction of sp³-hybridized carbons (Fsp3) is 0.294. The normalized spacial score (nSPS) is 17.4. The van der Waals surface area contributed by atoms with E-state index in [9.17, 15) is 8.78 Å². The molecular formula is C17H17F2NO. The third kappa shape index (κ3) is 2.90. The number of hydrogen-bond donors (Lipinski definition) is 1.